The molecule has 6 heteroatoms. The smallest absolute Gasteiger partial charge is 0.314 e. The van der Waals surface area contributed by atoms with Crippen LogP contribution in [0.1, 0.15) is 30.0 Å². The molecule has 0 unspecified atom stereocenters. The highest BCUT2D eigenvalue weighted by molar-refractivity contribution is 5.30. The summed E-state index contributed by atoms with van der Waals surface area (Å²) >= 11 is 0. The fourth-order valence-electron chi connectivity index (χ4n) is 3.10. The topological polar surface area (TPSA) is 15.3 Å². The van der Waals surface area contributed by atoms with Gasteiger partial charge in [0.15, 0.2) is 0 Å². The molecule has 2 aliphatic rings. The number of piperazine rings is 1. The number of hydrogen-bond acceptors (Lipinski definition) is 2. The van der Waals surface area contributed by atoms with E-state index in [9.17, 15) is 17.6 Å². The zero-order valence-corrected chi connectivity index (χ0v) is 11.6. The van der Waals surface area contributed by atoms with E-state index in [0.717, 1.165) is 51.2 Å². The lowest BCUT2D eigenvalue weighted by Crippen LogP contribution is -2.45. The highest BCUT2D eigenvalue weighted by atomic mass is 19.4. The fraction of sp³-hybridized carbons (Fsp3) is 0.600. The van der Waals surface area contributed by atoms with E-state index in [1.54, 1.807) is 0 Å². The molecule has 0 amide bonds. The molecule has 1 heterocycles. The quantitative estimate of drug-likeness (QED) is 0.863. The minimum Gasteiger partial charge on any atom is -0.314 e. The summed E-state index contributed by atoms with van der Waals surface area (Å²) in [5.41, 5.74) is -0.561. The van der Waals surface area contributed by atoms with Gasteiger partial charge in [0.2, 0.25) is 0 Å². The molecule has 21 heavy (non-hydrogen) atoms. The molecule has 0 aromatic heterocycles. The molecule has 1 aliphatic carbocycles. The molecule has 2 fully saturated rings. The first kappa shape index (κ1) is 14.8. The summed E-state index contributed by atoms with van der Waals surface area (Å²) in [6.07, 6.45) is -2.57. The van der Waals surface area contributed by atoms with Crippen LogP contribution in [-0.2, 0) is 6.18 Å². The molecular formula is C15H18F4N2. The van der Waals surface area contributed by atoms with Gasteiger partial charge in [-0.3, -0.25) is 4.90 Å². The molecule has 116 valence electrons. The van der Waals surface area contributed by atoms with E-state index in [0.29, 0.717) is 11.5 Å². The average Bonchev–Trinajstić information content (AvgIpc) is 3.25. The molecule has 0 radical (unpaired) electrons. The predicted octanol–water partition coefficient (Wildman–Crippen LogP) is 3.20. The number of hydrogen-bond donors (Lipinski definition) is 1. The molecule has 2 nitrogen and oxygen atoms in total. The second-order valence-corrected chi connectivity index (χ2v) is 5.81. The van der Waals surface area contributed by atoms with Gasteiger partial charge >= 0.3 is 6.18 Å². The van der Waals surface area contributed by atoms with Crippen molar-refractivity contribution in [1.82, 2.24) is 10.2 Å². The van der Waals surface area contributed by atoms with Gasteiger partial charge in [0, 0.05) is 32.2 Å². The van der Waals surface area contributed by atoms with Crippen molar-refractivity contribution >= 4 is 0 Å². The number of rotatable bonds is 3. The predicted molar refractivity (Wildman–Crippen MR) is 71.3 cm³/mol. The van der Waals surface area contributed by atoms with Crippen molar-refractivity contribution in [2.24, 2.45) is 5.92 Å². The Labute approximate surface area is 121 Å². The van der Waals surface area contributed by atoms with Gasteiger partial charge in [0.05, 0.1) is 5.56 Å². The Morgan fingerprint density at radius 1 is 1.14 bits per heavy atom. The third kappa shape index (κ3) is 3.21. The van der Waals surface area contributed by atoms with Gasteiger partial charge in [-0.25, -0.2) is 4.39 Å². The van der Waals surface area contributed by atoms with Crippen LogP contribution in [0, 0.1) is 11.7 Å². The number of benzene rings is 1. The second kappa shape index (κ2) is 5.57. The Morgan fingerprint density at radius 2 is 1.81 bits per heavy atom. The summed E-state index contributed by atoms with van der Waals surface area (Å²) in [5, 5.41) is 3.24. The number of alkyl halides is 3. The van der Waals surface area contributed by atoms with Gasteiger partial charge in [0.25, 0.3) is 0 Å². The summed E-state index contributed by atoms with van der Waals surface area (Å²) in [7, 11) is 0. The van der Waals surface area contributed by atoms with Crippen molar-refractivity contribution in [2.45, 2.75) is 25.1 Å². The Kier molecular flexibility index (Phi) is 3.92. The normalized spacial score (nSPS) is 22.3. The van der Waals surface area contributed by atoms with Crippen LogP contribution in [0.3, 0.4) is 0 Å². The Morgan fingerprint density at radius 3 is 2.38 bits per heavy atom. The standard InChI is InChI=1S/C15H18F4N2/c16-13-4-3-11(9-12(13)15(17,18)19)14(10-1-2-10)21-7-5-20-6-8-21/h3-4,9-10,14,20H,1-2,5-8H2/t14-/m1/s1. The molecule has 0 spiro atoms. The maximum atomic E-state index is 13.4. The van der Waals surface area contributed by atoms with Crippen LogP contribution in [-0.4, -0.2) is 31.1 Å². The molecule has 1 aromatic rings. The first-order valence-electron chi connectivity index (χ1n) is 7.28. The third-order valence-electron chi connectivity index (χ3n) is 4.25. The van der Waals surface area contributed by atoms with Crippen molar-refractivity contribution in [3.05, 3.63) is 35.1 Å². The van der Waals surface area contributed by atoms with Crippen LogP contribution in [0.5, 0.6) is 0 Å². The number of nitrogens with zero attached hydrogens (tertiary/aromatic N) is 1. The molecule has 1 saturated heterocycles. The lowest BCUT2D eigenvalue weighted by Gasteiger charge is -2.35. The van der Waals surface area contributed by atoms with Gasteiger partial charge in [-0.05, 0) is 36.5 Å². The third-order valence-corrected chi connectivity index (χ3v) is 4.25. The largest absolute Gasteiger partial charge is 0.419 e. The van der Waals surface area contributed by atoms with Crippen LogP contribution in [0.25, 0.3) is 0 Å². The van der Waals surface area contributed by atoms with Gasteiger partial charge in [-0.2, -0.15) is 13.2 Å². The molecule has 1 N–H and O–H groups in total. The van der Waals surface area contributed by atoms with Gasteiger partial charge in [-0.15, -0.1) is 0 Å². The first-order valence-corrected chi connectivity index (χ1v) is 7.28. The van der Waals surface area contributed by atoms with E-state index in [1.165, 1.54) is 6.07 Å². The number of nitrogens with one attached hydrogen (secondary N) is 1. The summed E-state index contributed by atoms with van der Waals surface area (Å²) < 4.78 is 52.1. The lowest BCUT2D eigenvalue weighted by molar-refractivity contribution is -0.140. The zero-order valence-electron chi connectivity index (χ0n) is 11.6. The van der Waals surface area contributed by atoms with Crippen LogP contribution in [0.2, 0.25) is 0 Å². The van der Waals surface area contributed by atoms with E-state index in [-0.39, 0.29) is 6.04 Å². The molecule has 1 aliphatic heterocycles. The monoisotopic (exact) mass is 302 g/mol. The highest BCUT2D eigenvalue weighted by Crippen LogP contribution is 2.45. The number of halogens is 4. The molecule has 1 atom stereocenters. The Hall–Kier alpha value is -1.14. The molecule has 0 bridgehead atoms. The minimum atomic E-state index is -4.64. The summed E-state index contributed by atoms with van der Waals surface area (Å²) in [6, 6.07) is 3.44. The van der Waals surface area contributed by atoms with Crippen molar-refractivity contribution in [3.8, 4) is 0 Å². The minimum absolute atomic E-state index is 0.0196. The van der Waals surface area contributed by atoms with E-state index < -0.39 is 17.6 Å². The van der Waals surface area contributed by atoms with E-state index in [4.69, 9.17) is 0 Å². The van der Waals surface area contributed by atoms with Gasteiger partial charge < -0.3 is 5.32 Å². The maximum absolute atomic E-state index is 13.4. The SMILES string of the molecule is Fc1ccc([C@@H](C2CC2)N2CCNCC2)cc1C(F)(F)F. The first-order chi connectivity index (χ1) is 9.97. The fourth-order valence-corrected chi connectivity index (χ4v) is 3.10. The zero-order chi connectivity index (χ0) is 15.0. The maximum Gasteiger partial charge on any atom is 0.419 e. The van der Waals surface area contributed by atoms with E-state index in [1.807, 2.05) is 0 Å². The van der Waals surface area contributed by atoms with Gasteiger partial charge in [0.1, 0.15) is 5.82 Å². The van der Waals surface area contributed by atoms with Crippen LogP contribution < -0.4 is 5.32 Å². The Balaban J connectivity index is 1.92. The highest BCUT2D eigenvalue weighted by Gasteiger charge is 2.39. The lowest BCUT2D eigenvalue weighted by atomic mass is 9.97. The van der Waals surface area contributed by atoms with Crippen LogP contribution >= 0.6 is 0 Å². The Bertz CT molecular complexity index is 505. The molecule has 1 aromatic carbocycles. The van der Waals surface area contributed by atoms with Gasteiger partial charge in [-0.1, -0.05) is 6.07 Å². The van der Waals surface area contributed by atoms with Crippen molar-refractivity contribution < 1.29 is 17.6 Å². The summed E-state index contributed by atoms with van der Waals surface area (Å²) in [5.74, 6) is -0.796. The molecular weight excluding hydrogens is 284 g/mol. The summed E-state index contributed by atoms with van der Waals surface area (Å²) in [4.78, 5) is 2.22. The van der Waals surface area contributed by atoms with Crippen LogP contribution in [0.15, 0.2) is 18.2 Å². The molecule has 3 rings (SSSR count). The summed E-state index contributed by atoms with van der Waals surface area (Å²) in [6.45, 7) is 3.33. The van der Waals surface area contributed by atoms with Crippen molar-refractivity contribution in [1.29, 1.82) is 0 Å². The average molecular weight is 302 g/mol. The molecule has 1 saturated carbocycles. The van der Waals surface area contributed by atoms with Crippen molar-refractivity contribution in [2.75, 3.05) is 26.2 Å². The second-order valence-electron chi connectivity index (χ2n) is 5.81. The van der Waals surface area contributed by atoms with Crippen molar-refractivity contribution in [3.63, 3.8) is 0 Å². The van der Waals surface area contributed by atoms with Crippen LogP contribution in [0.4, 0.5) is 17.6 Å². The van der Waals surface area contributed by atoms with E-state index in [2.05, 4.69) is 10.2 Å². The van der Waals surface area contributed by atoms with E-state index >= 15 is 0 Å².